The van der Waals surface area contributed by atoms with Crippen molar-refractivity contribution in [2.45, 2.75) is 6.42 Å². The van der Waals surface area contributed by atoms with E-state index >= 15 is 0 Å². The van der Waals surface area contributed by atoms with Gasteiger partial charge in [0.25, 0.3) is 0 Å². The number of hydrogen-bond acceptors (Lipinski definition) is 2. The lowest BCUT2D eigenvalue weighted by Crippen LogP contribution is -2.04. The molecule has 0 radical (unpaired) electrons. The van der Waals surface area contributed by atoms with E-state index in [0.29, 0.717) is 13.2 Å². The third kappa shape index (κ3) is 5.85. The first-order valence-corrected chi connectivity index (χ1v) is 2.24. The Labute approximate surface area is 42.6 Å². The lowest BCUT2D eigenvalue weighted by atomic mass is 10.5. The van der Waals surface area contributed by atoms with Crippen molar-refractivity contribution < 1.29 is 9.22 Å². The average molecular weight is 107 g/mol. The van der Waals surface area contributed by atoms with Crippen LogP contribution in [-0.4, -0.2) is 20.3 Å². The lowest BCUT2D eigenvalue weighted by Gasteiger charge is -1.92. The Hall–Kier alpha value is -0.150. The van der Waals surface area contributed by atoms with Crippen molar-refractivity contribution in [2.24, 2.45) is 0 Å². The standard InChI is InChI=1S/C4H10FNO/c1-7-4-2-3-6-5/h6H,2-4H2,1H3. The number of nitrogens with one attached hydrogen (secondary N) is 1. The van der Waals surface area contributed by atoms with Crippen molar-refractivity contribution in [2.75, 3.05) is 20.3 Å². The van der Waals surface area contributed by atoms with Crippen LogP contribution < -0.4 is 5.54 Å². The molecule has 0 unspecified atom stereocenters. The van der Waals surface area contributed by atoms with Gasteiger partial charge in [0, 0.05) is 20.3 Å². The summed E-state index contributed by atoms with van der Waals surface area (Å²) >= 11 is 0. The number of halogens is 1. The molecule has 0 spiro atoms. The van der Waals surface area contributed by atoms with Crippen LogP contribution in [0.25, 0.3) is 0 Å². The number of methoxy groups -OCH3 is 1. The van der Waals surface area contributed by atoms with E-state index < -0.39 is 0 Å². The molecule has 1 N–H and O–H groups in total. The second-order valence-electron chi connectivity index (χ2n) is 1.23. The van der Waals surface area contributed by atoms with Gasteiger partial charge >= 0.3 is 0 Å². The molecule has 0 aliphatic rings. The zero-order valence-corrected chi connectivity index (χ0v) is 4.41. The topological polar surface area (TPSA) is 21.3 Å². The van der Waals surface area contributed by atoms with Crippen LogP contribution in [0.4, 0.5) is 4.48 Å². The summed E-state index contributed by atoms with van der Waals surface area (Å²) in [6.07, 6.45) is 0.729. The zero-order valence-electron chi connectivity index (χ0n) is 4.41. The van der Waals surface area contributed by atoms with Crippen LogP contribution in [0.3, 0.4) is 0 Å². The molecule has 0 aromatic carbocycles. The molecular weight excluding hydrogens is 97.0 g/mol. The van der Waals surface area contributed by atoms with Crippen LogP contribution in [0.15, 0.2) is 0 Å². The molecule has 0 fully saturated rings. The Morgan fingerprint density at radius 3 is 2.86 bits per heavy atom. The minimum absolute atomic E-state index is 0.383. The van der Waals surface area contributed by atoms with Crippen LogP contribution in [0.2, 0.25) is 0 Å². The van der Waals surface area contributed by atoms with E-state index in [2.05, 4.69) is 4.74 Å². The predicted molar refractivity (Wildman–Crippen MR) is 25.6 cm³/mol. The highest BCUT2D eigenvalue weighted by Crippen LogP contribution is 1.74. The molecule has 0 heterocycles. The van der Waals surface area contributed by atoms with Gasteiger partial charge in [-0.2, -0.15) is 5.54 Å². The highest BCUT2D eigenvalue weighted by Gasteiger charge is 1.80. The van der Waals surface area contributed by atoms with Crippen LogP contribution in [0.1, 0.15) is 6.42 Å². The third-order valence-corrected chi connectivity index (χ3v) is 0.620. The fourth-order valence-corrected chi connectivity index (χ4v) is 0.283. The number of ether oxygens (including phenoxy) is 1. The van der Waals surface area contributed by atoms with Gasteiger partial charge in [0.2, 0.25) is 0 Å². The second-order valence-corrected chi connectivity index (χ2v) is 1.23. The van der Waals surface area contributed by atoms with Crippen LogP contribution in [0.5, 0.6) is 0 Å². The van der Waals surface area contributed by atoms with Gasteiger partial charge in [0.1, 0.15) is 0 Å². The van der Waals surface area contributed by atoms with Gasteiger partial charge in [-0.15, -0.1) is 4.48 Å². The summed E-state index contributed by atoms with van der Waals surface area (Å²) in [6, 6.07) is 0. The monoisotopic (exact) mass is 107 g/mol. The Bertz CT molecular complexity index is 30.9. The van der Waals surface area contributed by atoms with Crippen molar-refractivity contribution >= 4 is 0 Å². The smallest absolute Gasteiger partial charge is 0.0475 e. The summed E-state index contributed by atoms with van der Waals surface area (Å²) in [4.78, 5) is 0. The molecular formula is C4H10FNO. The maximum atomic E-state index is 11.0. The van der Waals surface area contributed by atoms with Crippen LogP contribution in [0, 0.1) is 0 Å². The molecule has 0 aliphatic carbocycles. The Balaban J connectivity index is 2.45. The van der Waals surface area contributed by atoms with E-state index in [1.807, 2.05) is 0 Å². The fraction of sp³-hybridized carbons (Fsp3) is 1.00. The highest BCUT2D eigenvalue weighted by atomic mass is 19.2. The van der Waals surface area contributed by atoms with E-state index in [-0.39, 0.29) is 0 Å². The van der Waals surface area contributed by atoms with Gasteiger partial charge in [-0.1, -0.05) is 0 Å². The Morgan fingerprint density at radius 1 is 1.71 bits per heavy atom. The van der Waals surface area contributed by atoms with Gasteiger partial charge in [-0.3, -0.25) is 0 Å². The SMILES string of the molecule is COCCCNF. The summed E-state index contributed by atoms with van der Waals surface area (Å²) in [5, 5.41) is 0. The van der Waals surface area contributed by atoms with Gasteiger partial charge in [-0.25, -0.2) is 0 Å². The normalized spacial score (nSPS) is 9.43. The fourth-order valence-electron chi connectivity index (χ4n) is 0.283. The maximum absolute atomic E-state index is 11.0. The number of hydrogen-bond donors (Lipinski definition) is 1. The molecule has 0 amide bonds. The second kappa shape index (κ2) is 5.85. The summed E-state index contributed by atoms with van der Waals surface area (Å²) in [7, 11) is 1.60. The number of rotatable bonds is 4. The van der Waals surface area contributed by atoms with Crippen molar-refractivity contribution in [3.05, 3.63) is 0 Å². The third-order valence-electron chi connectivity index (χ3n) is 0.620. The molecule has 7 heavy (non-hydrogen) atoms. The van der Waals surface area contributed by atoms with Crippen LogP contribution >= 0.6 is 0 Å². The zero-order chi connectivity index (χ0) is 5.54. The Morgan fingerprint density at radius 2 is 2.43 bits per heavy atom. The van der Waals surface area contributed by atoms with Crippen molar-refractivity contribution in [1.82, 2.24) is 5.54 Å². The van der Waals surface area contributed by atoms with E-state index in [1.165, 1.54) is 5.54 Å². The maximum Gasteiger partial charge on any atom is 0.0475 e. The van der Waals surface area contributed by atoms with E-state index in [9.17, 15) is 4.48 Å². The van der Waals surface area contributed by atoms with E-state index in [4.69, 9.17) is 0 Å². The highest BCUT2D eigenvalue weighted by molar-refractivity contribution is 4.32. The summed E-state index contributed by atoms with van der Waals surface area (Å²) in [6.45, 7) is 1.00. The Kier molecular flexibility index (Phi) is 5.72. The first kappa shape index (κ1) is 6.85. The molecule has 0 saturated heterocycles. The molecule has 0 aliphatic heterocycles. The molecule has 0 aromatic heterocycles. The van der Waals surface area contributed by atoms with Gasteiger partial charge in [0.15, 0.2) is 0 Å². The molecule has 0 rings (SSSR count). The van der Waals surface area contributed by atoms with Crippen molar-refractivity contribution in [3.8, 4) is 0 Å². The molecule has 0 aromatic rings. The molecule has 0 bridgehead atoms. The first-order chi connectivity index (χ1) is 3.41. The van der Waals surface area contributed by atoms with Crippen LogP contribution in [-0.2, 0) is 4.74 Å². The first-order valence-electron chi connectivity index (χ1n) is 2.24. The van der Waals surface area contributed by atoms with Crippen molar-refractivity contribution in [1.29, 1.82) is 0 Å². The average Bonchev–Trinajstić information content (AvgIpc) is 1.69. The summed E-state index contributed by atoms with van der Waals surface area (Å²) in [5.41, 5.74) is 1.52. The minimum atomic E-state index is 0.383. The van der Waals surface area contributed by atoms with Gasteiger partial charge in [0.05, 0.1) is 0 Å². The van der Waals surface area contributed by atoms with E-state index in [1.54, 1.807) is 7.11 Å². The van der Waals surface area contributed by atoms with E-state index in [0.717, 1.165) is 6.42 Å². The quantitative estimate of drug-likeness (QED) is 0.417. The molecule has 2 nitrogen and oxygen atoms in total. The minimum Gasteiger partial charge on any atom is -0.385 e. The predicted octanol–water partition coefficient (Wildman–Crippen LogP) is 0.497. The molecule has 0 atom stereocenters. The molecule has 3 heteroatoms. The molecule has 44 valence electrons. The summed E-state index contributed by atoms with van der Waals surface area (Å²) < 4.78 is 15.6. The lowest BCUT2D eigenvalue weighted by molar-refractivity contribution is 0.185. The van der Waals surface area contributed by atoms with Crippen molar-refractivity contribution in [3.63, 3.8) is 0 Å². The largest absolute Gasteiger partial charge is 0.385 e. The summed E-state index contributed by atoms with van der Waals surface area (Å²) in [5.74, 6) is 0. The van der Waals surface area contributed by atoms with Gasteiger partial charge < -0.3 is 4.74 Å². The van der Waals surface area contributed by atoms with Gasteiger partial charge in [-0.05, 0) is 6.42 Å². The molecule has 0 saturated carbocycles.